The van der Waals surface area contributed by atoms with Crippen LogP contribution in [0.25, 0.3) is 11.1 Å². The Morgan fingerprint density at radius 1 is 1.00 bits per heavy atom. The topological polar surface area (TPSA) is 0 Å². The molecule has 0 aliphatic carbocycles. The largest absolute Gasteiger partial charge is 0.207 e. The highest BCUT2D eigenvalue weighted by Gasteiger charge is 2.06. The van der Waals surface area contributed by atoms with Crippen LogP contribution < -0.4 is 0 Å². The molecule has 0 heterocycles. The van der Waals surface area contributed by atoms with Crippen LogP contribution in [0.3, 0.4) is 0 Å². The predicted octanol–water partition coefficient (Wildman–Crippen LogP) is 4.37. The Labute approximate surface area is 97.5 Å². The monoisotopic (exact) mass is 238 g/mol. The third-order valence-corrected chi connectivity index (χ3v) is 2.63. The van der Waals surface area contributed by atoms with E-state index in [-0.39, 0.29) is 17.5 Å². The van der Waals surface area contributed by atoms with Crippen molar-refractivity contribution in [3.05, 3.63) is 59.7 Å². The van der Waals surface area contributed by atoms with Gasteiger partial charge in [-0.3, -0.25) is 0 Å². The number of halogens is 3. The first-order valence-corrected chi connectivity index (χ1v) is 5.34. The van der Waals surface area contributed by atoms with Gasteiger partial charge in [0.2, 0.25) is 0 Å². The van der Waals surface area contributed by atoms with E-state index in [1.165, 1.54) is 18.2 Å². The first-order chi connectivity index (χ1) is 7.70. The highest BCUT2D eigenvalue weighted by atomic mass is 35.5. The zero-order chi connectivity index (χ0) is 11.5. The van der Waals surface area contributed by atoms with E-state index in [2.05, 4.69) is 0 Å². The number of hydrogen-bond donors (Lipinski definition) is 0. The van der Waals surface area contributed by atoms with Gasteiger partial charge in [-0.05, 0) is 29.3 Å². The summed E-state index contributed by atoms with van der Waals surface area (Å²) in [5, 5.41) is 0. The van der Waals surface area contributed by atoms with E-state index in [0.717, 1.165) is 0 Å². The molecular weight excluding hydrogens is 230 g/mol. The first-order valence-electron chi connectivity index (χ1n) is 4.81. The summed E-state index contributed by atoms with van der Waals surface area (Å²) in [6, 6.07) is 10.6. The van der Waals surface area contributed by atoms with Crippen molar-refractivity contribution < 1.29 is 8.78 Å². The highest BCUT2D eigenvalue weighted by Crippen LogP contribution is 2.24. The standard InChI is InChI=1S/C13H9ClF2/c14-8-9-4-5-12(13(16)6-9)10-2-1-3-11(15)7-10/h1-7H,8H2. The molecule has 0 amide bonds. The molecule has 0 aromatic heterocycles. The van der Waals surface area contributed by atoms with Gasteiger partial charge in [-0.15, -0.1) is 11.6 Å². The van der Waals surface area contributed by atoms with Crippen molar-refractivity contribution in [2.75, 3.05) is 0 Å². The molecule has 0 nitrogen and oxygen atoms in total. The van der Waals surface area contributed by atoms with Crippen molar-refractivity contribution in [2.24, 2.45) is 0 Å². The van der Waals surface area contributed by atoms with Gasteiger partial charge in [0.25, 0.3) is 0 Å². The summed E-state index contributed by atoms with van der Waals surface area (Å²) >= 11 is 5.60. The number of rotatable bonds is 2. The van der Waals surface area contributed by atoms with E-state index in [9.17, 15) is 8.78 Å². The zero-order valence-electron chi connectivity index (χ0n) is 8.38. The molecule has 0 radical (unpaired) electrons. The van der Waals surface area contributed by atoms with Crippen molar-refractivity contribution in [3.8, 4) is 11.1 Å². The van der Waals surface area contributed by atoms with Crippen molar-refractivity contribution in [3.63, 3.8) is 0 Å². The predicted molar refractivity (Wildman–Crippen MR) is 61.4 cm³/mol. The molecule has 16 heavy (non-hydrogen) atoms. The molecule has 0 aliphatic rings. The minimum absolute atomic E-state index is 0.264. The first kappa shape index (κ1) is 11.1. The van der Waals surface area contributed by atoms with Gasteiger partial charge < -0.3 is 0 Å². The van der Waals surface area contributed by atoms with Crippen LogP contribution in [-0.4, -0.2) is 0 Å². The average Bonchev–Trinajstić information content (AvgIpc) is 2.28. The molecule has 0 bridgehead atoms. The van der Waals surface area contributed by atoms with E-state index < -0.39 is 0 Å². The van der Waals surface area contributed by atoms with Gasteiger partial charge in [-0.1, -0.05) is 24.3 Å². The van der Waals surface area contributed by atoms with Gasteiger partial charge in [0.15, 0.2) is 0 Å². The fourth-order valence-corrected chi connectivity index (χ4v) is 1.70. The van der Waals surface area contributed by atoms with Gasteiger partial charge in [0.05, 0.1) is 0 Å². The van der Waals surface area contributed by atoms with E-state index in [1.807, 2.05) is 0 Å². The van der Waals surface area contributed by atoms with E-state index in [4.69, 9.17) is 11.6 Å². The number of benzene rings is 2. The molecule has 0 aliphatic heterocycles. The summed E-state index contributed by atoms with van der Waals surface area (Å²) in [4.78, 5) is 0. The Morgan fingerprint density at radius 3 is 2.44 bits per heavy atom. The van der Waals surface area contributed by atoms with Gasteiger partial charge >= 0.3 is 0 Å². The van der Waals surface area contributed by atoms with E-state index in [0.29, 0.717) is 16.7 Å². The van der Waals surface area contributed by atoms with Crippen molar-refractivity contribution >= 4 is 11.6 Å². The molecule has 0 spiro atoms. The maximum atomic E-state index is 13.7. The van der Waals surface area contributed by atoms with Crippen LogP contribution in [0, 0.1) is 11.6 Å². The molecule has 0 unspecified atom stereocenters. The summed E-state index contributed by atoms with van der Waals surface area (Å²) in [5.74, 6) is -0.498. The van der Waals surface area contributed by atoms with Crippen LogP contribution in [0.15, 0.2) is 42.5 Å². The van der Waals surface area contributed by atoms with Gasteiger partial charge in [-0.2, -0.15) is 0 Å². The third-order valence-electron chi connectivity index (χ3n) is 2.32. The van der Waals surface area contributed by atoms with E-state index >= 15 is 0 Å². The summed E-state index contributed by atoms with van der Waals surface area (Å²) in [6.45, 7) is 0. The van der Waals surface area contributed by atoms with Crippen molar-refractivity contribution in [1.82, 2.24) is 0 Å². The molecule has 2 rings (SSSR count). The smallest absolute Gasteiger partial charge is 0.131 e. The number of alkyl halides is 1. The van der Waals surface area contributed by atoms with Crippen LogP contribution in [0.1, 0.15) is 5.56 Å². The molecule has 2 aromatic rings. The zero-order valence-corrected chi connectivity index (χ0v) is 9.14. The normalized spacial score (nSPS) is 10.4. The van der Waals surface area contributed by atoms with Gasteiger partial charge in [0.1, 0.15) is 11.6 Å². The van der Waals surface area contributed by atoms with Crippen LogP contribution in [0.4, 0.5) is 8.78 Å². The summed E-state index contributed by atoms with van der Waals surface area (Å²) < 4.78 is 26.7. The van der Waals surface area contributed by atoms with Crippen molar-refractivity contribution in [2.45, 2.75) is 5.88 Å². The molecule has 2 aromatic carbocycles. The number of hydrogen-bond acceptors (Lipinski definition) is 0. The average molecular weight is 239 g/mol. The maximum Gasteiger partial charge on any atom is 0.131 e. The lowest BCUT2D eigenvalue weighted by Crippen LogP contribution is -1.88. The fourth-order valence-electron chi connectivity index (χ4n) is 1.53. The van der Waals surface area contributed by atoms with Crippen LogP contribution in [0.2, 0.25) is 0 Å². The Bertz CT molecular complexity index is 509. The Kier molecular flexibility index (Phi) is 3.20. The minimum Gasteiger partial charge on any atom is -0.207 e. The second-order valence-electron chi connectivity index (χ2n) is 3.46. The summed E-state index contributed by atoms with van der Waals surface area (Å²) in [7, 11) is 0. The van der Waals surface area contributed by atoms with Crippen LogP contribution in [-0.2, 0) is 5.88 Å². The Morgan fingerprint density at radius 2 is 1.81 bits per heavy atom. The van der Waals surface area contributed by atoms with Gasteiger partial charge in [-0.25, -0.2) is 8.78 Å². The van der Waals surface area contributed by atoms with Crippen LogP contribution in [0.5, 0.6) is 0 Å². The van der Waals surface area contributed by atoms with Gasteiger partial charge in [0, 0.05) is 11.4 Å². The molecule has 0 saturated heterocycles. The fraction of sp³-hybridized carbons (Fsp3) is 0.0769. The van der Waals surface area contributed by atoms with Crippen LogP contribution >= 0.6 is 11.6 Å². The lowest BCUT2D eigenvalue weighted by Gasteiger charge is -2.05. The second-order valence-corrected chi connectivity index (χ2v) is 3.73. The second kappa shape index (κ2) is 4.62. The summed E-state index contributed by atoms with van der Waals surface area (Å²) in [5.41, 5.74) is 1.62. The summed E-state index contributed by atoms with van der Waals surface area (Å²) in [6.07, 6.45) is 0. The quantitative estimate of drug-likeness (QED) is 0.682. The molecule has 0 fully saturated rings. The minimum atomic E-state index is -0.385. The third kappa shape index (κ3) is 2.22. The molecule has 0 N–H and O–H groups in total. The maximum absolute atomic E-state index is 13.7. The molecule has 0 saturated carbocycles. The SMILES string of the molecule is Fc1cccc(-c2ccc(CCl)cc2F)c1. The lowest BCUT2D eigenvalue weighted by atomic mass is 10.0. The molecule has 3 heteroatoms. The Balaban J connectivity index is 2.48. The molecular formula is C13H9ClF2. The van der Waals surface area contributed by atoms with Crippen molar-refractivity contribution in [1.29, 1.82) is 0 Å². The molecule has 82 valence electrons. The van der Waals surface area contributed by atoms with E-state index in [1.54, 1.807) is 24.3 Å². The highest BCUT2D eigenvalue weighted by molar-refractivity contribution is 6.17. The molecule has 0 atom stereocenters. The lowest BCUT2D eigenvalue weighted by molar-refractivity contribution is 0.624. The Hall–Kier alpha value is -1.41.